The predicted molar refractivity (Wildman–Crippen MR) is 34.2 cm³/mol. The molecule has 0 N–H and O–H groups in total. The van der Waals surface area contributed by atoms with Crippen molar-refractivity contribution in [2.24, 2.45) is 4.99 Å². The highest BCUT2D eigenvalue weighted by Gasteiger charge is 2.02. The van der Waals surface area contributed by atoms with Gasteiger partial charge in [0.1, 0.15) is 0 Å². The van der Waals surface area contributed by atoms with Crippen molar-refractivity contribution < 1.29 is 0 Å². The first-order valence-corrected chi connectivity index (χ1v) is 3.10. The standard InChI is InChI=1S/C6H11N2/c1-2-4-8-5-3-7-6-8/h2-5H2,1H3. The van der Waals surface area contributed by atoms with Crippen LogP contribution >= 0.6 is 0 Å². The van der Waals surface area contributed by atoms with Crippen molar-refractivity contribution in [2.75, 3.05) is 19.6 Å². The molecule has 0 atom stereocenters. The van der Waals surface area contributed by atoms with Crippen molar-refractivity contribution in [3.63, 3.8) is 0 Å². The van der Waals surface area contributed by atoms with Crippen molar-refractivity contribution in [2.45, 2.75) is 13.3 Å². The highest BCUT2D eigenvalue weighted by molar-refractivity contribution is 5.56. The molecule has 1 rings (SSSR count). The summed E-state index contributed by atoms with van der Waals surface area (Å²) in [5, 5.41) is 0. The maximum Gasteiger partial charge on any atom is 0.167 e. The van der Waals surface area contributed by atoms with Crippen LogP contribution in [0.15, 0.2) is 4.99 Å². The van der Waals surface area contributed by atoms with E-state index >= 15 is 0 Å². The SMILES string of the molecule is CCCN1[C]=NCC1. The quantitative estimate of drug-likeness (QED) is 0.510. The van der Waals surface area contributed by atoms with E-state index in [4.69, 9.17) is 0 Å². The molecule has 0 amide bonds. The minimum atomic E-state index is 0.944. The second kappa shape index (κ2) is 2.70. The van der Waals surface area contributed by atoms with E-state index < -0.39 is 0 Å². The lowest BCUT2D eigenvalue weighted by atomic mass is 10.4. The summed E-state index contributed by atoms with van der Waals surface area (Å²) in [6.07, 6.45) is 4.11. The minimum absolute atomic E-state index is 0.944. The summed E-state index contributed by atoms with van der Waals surface area (Å²) >= 11 is 0. The molecule has 0 aromatic rings. The van der Waals surface area contributed by atoms with Gasteiger partial charge < -0.3 is 4.90 Å². The Morgan fingerprint density at radius 1 is 1.75 bits per heavy atom. The average molecular weight is 111 g/mol. The lowest BCUT2D eigenvalue weighted by molar-refractivity contribution is 0.466. The molecule has 1 radical (unpaired) electrons. The zero-order chi connectivity index (χ0) is 5.82. The fourth-order valence-corrected chi connectivity index (χ4v) is 0.802. The molecule has 0 aromatic heterocycles. The van der Waals surface area contributed by atoms with Crippen molar-refractivity contribution in [3.8, 4) is 0 Å². The molecule has 0 aliphatic carbocycles. The van der Waals surface area contributed by atoms with E-state index in [1.54, 1.807) is 0 Å². The van der Waals surface area contributed by atoms with Gasteiger partial charge in [0.25, 0.3) is 0 Å². The van der Waals surface area contributed by atoms with Crippen LogP contribution in [-0.4, -0.2) is 30.9 Å². The van der Waals surface area contributed by atoms with Crippen LogP contribution in [0.1, 0.15) is 13.3 Å². The molecule has 0 aromatic carbocycles. The van der Waals surface area contributed by atoms with E-state index in [2.05, 4.69) is 23.2 Å². The molecule has 8 heavy (non-hydrogen) atoms. The summed E-state index contributed by atoms with van der Waals surface area (Å²) in [6.45, 7) is 5.30. The fourth-order valence-electron chi connectivity index (χ4n) is 0.802. The summed E-state index contributed by atoms with van der Waals surface area (Å²) in [7, 11) is 0. The Morgan fingerprint density at radius 3 is 3.12 bits per heavy atom. The molecule has 1 aliphatic rings. The molecule has 0 bridgehead atoms. The predicted octanol–water partition coefficient (Wildman–Crippen LogP) is 0.617. The van der Waals surface area contributed by atoms with Gasteiger partial charge in [0.15, 0.2) is 6.34 Å². The van der Waals surface area contributed by atoms with Gasteiger partial charge in [-0.05, 0) is 6.42 Å². The number of aliphatic imine (C=N–C) groups is 1. The molecule has 0 unspecified atom stereocenters. The summed E-state index contributed by atoms with van der Waals surface area (Å²) in [4.78, 5) is 6.08. The normalized spacial score (nSPS) is 17.9. The number of nitrogens with zero attached hydrogens (tertiary/aromatic N) is 2. The van der Waals surface area contributed by atoms with Gasteiger partial charge in [0, 0.05) is 13.1 Å². The van der Waals surface area contributed by atoms with Gasteiger partial charge >= 0.3 is 0 Å². The molecule has 0 spiro atoms. The highest BCUT2D eigenvalue weighted by Crippen LogP contribution is 1.92. The molecule has 2 heteroatoms. The van der Waals surface area contributed by atoms with Crippen LogP contribution in [-0.2, 0) is 0 Å². The molecule has 0 saturated heterocycles. The maximum atomic E-state index is 3.96. The van der Waals surface area contributed by atoms with E-state index in [-0.39, 0.29) is 0 Å². The second-order valence-corrected chi connectivity index (χ2v) is 1.97. The average Bonchev–Trinajstić information content (AvgIpc) is 2.19. The zero-order valence-electron chi connectivity index (χ0n) is 5.22. The third-order valence-electron chi connectivity index (χ3n) is 1.19. The molecule has 1 aliphatic heterocycles. The Labute approximate surface area is 50.2 Å². The summed E-state index contributed by atoms with van der Waals surface area (Å²) in [5.41, 5.74) is 0. The molecule has 0 saturated carbocycles. The first-order chi connectivity index (χ1) is 3.93. The lowest BCUT2D eigenvalue weighted by Gasteiger charge is -2.08. The molecule has 45 valence electrons. The second-order valence-electron chi connectivity index (χ2n) is 1.97. The Morgan fingerprint density at radius 2 is 2.62 bits per heavy atom. The monoisotopic (exact) mass is 111 g/mol. The number of hydrogen-bond donors (Lipinski definition) is 0. The lowest BCUT2D eigenvalue weighted by Crippen LogP contribution is -2.19. The van der Waals surface area contributed by atoms with Crippen LogP contribution in [0.25, 0.3) is 0 Å². The number of rotatable bonds is 2. The highest BCUT2D eigenvalue weighted by atomic mass is 15.2. The fraction of sp³-hybridized carbons (Fsp3) is 0.833. The van der Waals surface area contributed by atoms with Gasteiger partial charge in [-0.2, -0.15) is 0 Å². The largest absolute Gasteiger partial charge is 0.352 e. The molecular formula is C6H11N2. The van der Waals surface area contributed by atoms with Crippen LogP contribution in [0.3, 0.4) is 0 Å². The summed E-state index contributed by atoms with van der Waals surface area (Å²) < 4.78 is 0. The van der Waals surface area contributed by atoms with Crippen LogP contribution in [0, 0.1) is 0 Å². The van der Waals surface area contributed by atoms with Crippen molar-refractivity contribution >= 4 is 6.34 Å². The molecule has 0 fully saturated rings. The summed E-state index contributed by atoms with van der Waals surface area (Å²) in [5.74, 6) is 0. The van der Waals surface area contributed by atoms with Gasteiger partial charge in [-0.1, -0.05) is 6.92 Å². The smallest absolute Gasteiger partial charge is 0.167 e. The van der Waals surface area contributed by atoms with E-state index in [1.165, 1.54) is 6.42 Å². The minimum Gasteiger partial charge on any atom is -0.352 e. The van der Waals surface area contributed by atoms with Crippen LogP contribution in [0.2, 0.25) is 0 Å². The van der Waals surface area contributed by atoms with E-state index in [1.807, 2.05) is 0 Å². The van der Waals surface area contributed by atoms with E-state index in [0.717, 1.165) is 19.6 Å². The zero-order valence-corrected chi connectivity index (χ0v) is 5.22. The third-order valence-corrected chi connectivity index (χ3v) is 1.19. The summed E-state index contributed by atoms with van der Waals surface area (Å²) in [6, 6.07) is 0. The van der Waals surface area contributed by atoms with Crippen LogP contribution < -0.4 is 0 Å². The van der Waals surface area contributed by atoms with E-state index in [0.29, 0.717) is 0 Å². The first kappa shape index (κ1) is 5.60. The van der Waals surface area contributed by atoms with Gasteiger partial charge in [-0.15, -0.1) is 0 Å². The Hall–Kier alpha value is -0.530. The van der Waals surface area contributed by atoms with Crippen molar-refractivity contribution in [3.05, 3.63) is 0 Å². The van der Waals surface area contributed by atoms with Crippen LogP contribution in [0.4, 0.5) is 0 Å². The number of hydrogen-bond acceptors (Lipinski definition) is 2. The topological polar surface area (TPSA) is 15.6 Å². The maximum absolute atomic E-state index is 3.96. The van der Waals surface area contributed by atoms with Gasteiger partial charge in [0.05, 0.1) is 6.54 Å². The third kappa shape index (κ3) is 1.22. The Balaban J connectivity index is 2.16. The molecular weight excluding hydrogens is 100 g/mol. The van der Waals surface area contributed by atoms with Gasteiger partial charge in [0.2, 0.25) is 0 Å². The Bertz CT molecular complexity index is 88.5. The molecule has 1 heterocycles. The van der Waals surface area contributed by atoms with Gasteiger partial charge in [-0.3, -0.25) is 4.99 Å². The Kier molecular flexibility index (Phi) is 1.89. The van der Waals surface area contributed by atoms with Gasteiger partial charge in [-0.25, -0.2) is 0 Å². The van der Waals surface area contributed by atoms with E-state index in [9.17, 15) is 0 Å². The van der Waals surface area contributed by atoms with Crippen LogP contribution in [0.5, 0.6) is 0 Å². The molecule has 2 nitrogen and oxygen atoms in total. The van der Waals surface area contributed by atoms with Crippen molar-refractivity contribution in [1.82, 2.24) is 4.90 Å². The first-order valence-electron chi connectivity index (χ1n) is 3.10. The van der Waals surface area contributed by atoms with Crippen molar-refractivity contribution in [1.29, 1.82) is 0 Å².